The van der Waals surface area contributed by atoms with Gasteiger partial charge in [0.15, 0.2) is 0 Å². The van der Waals surface area contributed by atoms with Gasteiger partial charge in [-0.3, -0.25) is 9.80 Å². The van der Waals surface area contributed by atoms with Crippen molar-refractivity contribution in [2.75, 3.05) is 26.2 Å². The maximum atomic E-state index is 6.01. The predicted molar refractivity (Wildman–Crippen MR) is 85.0 cm³/mol. The lowest BCUT2D eigenvalue weighted by Crippen LogP contribution is -2.46. The van der Waals surface area contributed by atoms with Crippen molar-refractivity contribution in [1.82, 2.24) is 19.4 Å². The molecule has 1 unspecified atom stereocenters. The second-order valence-corrected chi connectivity index (χ2v) is 6.63. The average Bonchev–Trinajstić information content (AvgIpc) is 3.11. The molecule has 0 bridgehead atoms. The van der Waals surface area contributed by atoms with E-state index in [-0.39, 0.29) is 0 Å². The van der Waals surface area contributed by atoms with Crippen LogP contribution < -0.4 is 5.73 Å². The summed E-state index contributed by atoms with van der Waals surface area (Å²) >= 11 is 0. The van der Waals surface area contributed by atoms with Crippen molar-refractivity contribution >= 4 is 0 Å². The second kappa shape index (κ2) is 6.90. The lowest BCUT2D eigenvalue weighted by atomic mass is 10.0. The van der Waals surface area contributed by atoms with Crippen molar-refractivity contribution in [2.24, 2.45) is 5.73 Å². The van der Waals surface area contributed by atoms with Crippen LogP contribution in [0.5, 0.6) is 0 Å². The van der Waals surface area contributed by atoms with E-state index in [1.165, 1.54) is 57.6 Å². The number of aromatic nitrogens is 2. The molecule has 3 rings (SSSR count). The highest BCUT2D eigenvalue weighted by Gasteiger charge is 2.30. The molecule has 2 aliphatic heterocycles. The Kier molecular flexibility index (Phi) is 4.93. The van der Waals surface area contributed by atoms with Gasteiger partial charge in [-0.1, -0.05) is 6.92 Å². The van der Waals surface area contributed by atoms with Gasteiger partial charge in [0, 0.05) is 44.5 Å². The van der Waals surface area contributed by atoms with Gasteiger partial charge in [-0.05, 0) is 38.8 Å². The van der Waals surface area contributed by atoms with Crippen molar-refractivity contribution < 1.29 is 0 Å². The maximum absolute atomic E-state index is 6.01. The van der Waals surface area contributed by atoms with Gasteiger partial charge in [0.1, 0.15) is 0 Å². The van der Waals surface area contributed by atoms with Crippen LogP contribution in [0, 0.1) is 0 Å². The molecule has 0 aliphatic carbocycles. The van der Waals surface area contributed by atoms with E-state index in [1.54, 1.807) is 0 Å². The Bertz CT molecular complexity index is 436. The van der Waals surface area contributed by atoms with Crippen LogP contribution in [0.1, 0.15) is 38.3 Å². The van der Waals surface area contributed by atoms with E-state index in [1.807, 2.05) is 12.5 Å². The van der Waals surface area contributed by atoms with Crippen LogP contribution in [-0.2, 0) is 13.1 Å². The van der Waals surface area contributed by atoms with Crippen molar-refractivity contribution in [1.29, 1.82) is 0 Å². The molecule has 2 saturated heterocycles. The number of nitrogens with two attached hydrogens (primary N) is 1. The summed E-state index contributed by atoms with van der Waals surface area (Å²) in [5.41, 5.74) is 7.37. The second-order valence-electron chi connectivity index (χ2n) is 6.63. The first-order valence-electron chi connectivity index (χ1n) is 8.47. The molecule has 5 nitrogen and oxygen atoms in total. The summed E-state index contributed by atoms with van der Waals surface area (Å²) in [6.07, 6.45) is 8.80. The highest BCUT2D eigenvalue weighted by atomic mass is 15.3. The minimum absolute atomic E-state index is 0.433. The van der Waals surface area contributed by atoms with E-state index in [4.69, 9.17) is 5.73 Å². The Morgan fingerprint density at radius 2 is 2.05 bits per heavy atom. The quantitative estimate of drug-likeness (QED) is 0.888. The summed E-state index contributed by atoms with van der Waals surface area (Å²) in [5.74, 6) is 0. The first-order valence-corrected chi connectivity index (χ1v) is 8.47. The third kappa shape index (κ3) is 3.65. The Balaban J connectivity index is 1.51. The molecule has 0 amide bonds. The van der Waals surface area contributed by atoms with Crippen LogP contribution >= 0.6 is 0 Å². The molecule has 21 heavy (non-hydrogen) atoms. The molecule has 5 heteroatoms. The fourth-order valence-electron chi connectivity index (χ4n) is 3.69. The lowest BCUT2D eigenvalue weighted by molar-refractivity contribution is 0.151. The van der Waals surface area contributed by atoms with E-state index in [2.05, 4.69) is 26.3 Å². The molecule has 0 spiro atoms. The van der Waals surface area contributed by atoms with Crippen LogP contribution in [-0.4, -0.2) is 57.6 Å². The van der Waals surface area contributed by atoms with Crippen molar-refractivity contribution in [3.8, 4) is 0 Å². The molecule has 0 saturated carbocycles. The molecule has 0 radical (unpaired) electrons. The normalized spacial score (nSPS) is 25.7. The zero-order valence-electron chi connectivity index (χ0n) is 13.2. The van der Waals surface area contributed by atoms with E-state index in [0.717, 1.165) is 19.1 Å². The monoisotopic (exact) mass is 291 g/mol. The van der Waals surface area contributed by atoms with Crippen LogP contribution in [0.3, 0.4) is 0 Å². The van der Waals surface area contributed by atoms with Gasteiger partial charge < -0.3 is 10.3 Å². The summed E-state index contributed by atoms with van der Waals surface area (Å²) < 4.78 is 2.30. The molecular formula is C16H29N5. The fraction of sp³-hybridized carbons (Fsp3) is 0.812. The maximum Gasteiger partial charge on any atom is 0.0948 e. The van der Waals surface area contributed by atoms with Crippen molar-refractivity contribution in [3.63, 3.8) is 0 Å². The molecule has 0 aromatic carbocycles. The Morgan fingerprint density at radius 1 is 1.24 bits per heavy atom. The topological polar surface area (TPSA) is 50.3 Å². The van der Waals surface area contributed by atoms with Crippen LogP contribution in [0.4, 0.5) is 0 Å². The van der Waals surface area contributed by atoms with Gasteiger partial charge in [-0.15, -0.1) is 0 Å². The lowest BCUT2D eigenvalue weighted by Gasteiger charge is -2.34. The Labute approximate surface area is 128 Å². The third-order valence-corrected chi connectivity index (χ3v) is 4.99. The number of nitrogens with zero attached hydrogens (tertiary/aromatic N) is 4. The summed E-state index contributed by atoms with van der Waals surface area (Å²) in [6, 6.07) is 1.17. The zero-order chi connectivity index (χ0) is 14.7. The minimum Gasteiger partial charge on any atom is -0.333 e. The smallest absolute Gasteiger partial charge is 0.0948 e. The fourth-order valence-corrected chi connectivity index (χ4v) is 3.69. The number of hydrogen-bond acceptors (Lipinski definition) is 4. The molecule has 2 N–H and O–H groups in total. The highest BCUT2D eigenvalue weighted by Crippen LogP contribution is 2.21. The number of aryl methyl sites for hydroxylation is 1. The molecule has 2 aliphatic rings. The Morgan fingerprint density at radius 3 is 2.81 bits per heavy atom. The summed E-state index contributed by atoms with van der Waals surface area (Å²) in [6.45, 7) is 9.13. The largest absolute Gasteiger partial charge is 0.333 e. The number of likely N-dealkylation sites (tertiary alicyclic amines) is 2. The van der Waals surface area contributed by atoms with E-state index in [9.17, 15) is 0 Å². The predicted octanol–water partition coefficient (Wildman–Crippen LogP) is 1.29. The number of rotatable bonds is 5. The van der Waals surface area contributed by atoms with Gasteiger partial charge in [-0.25, -0.2) is 4.98 Å². The highest BCUT2D eigenvalue weighted by molar-refractivity contribution is 5.00. The Hall–Kier alpha value is -0.910. The SMILES string of the molecule is CCCn1cncc1CN1CCC(N2CCC(N)CC2)C1. The van der Waals surface area contributed by atoms with E-state index >= 15 is 0 Å². The van der Waals surface area contributed by atoms with Crippen LogP contribution in [0.2, 0.25) is 0 Å². The van der Waals surface area contributed by atoms with Crippen LogP contribution in [0.15, 0.2) is 12.5 Å². The standard InChI is InChI=1S/C16H29N5/c1-2-6-21-13-18-10-16(21)12-19-7-5-15(11-19)20-8-3-14(17)4-9-20/h10,13-15H,2-9,11-12,17H2,1H3. The number of imidazole rings is 1. The van der Waals surface area contributed by atoms with Gasteiger partial charge in [-0.2, -0.15) is 0 Å². The molecule has 118 valence electrons. The first kappa shape index (κ1) is 15.0. The molecule has 1 aromatic rings. The molecule has 2 fully saturated rings. The van der Waals surface area contributed by atoms with Gasteiger partial charge >= 0.3 is 0 Å². The van der Waals surface area contributed by atoms with E-state index in [0.29, 0.717) is 6.04 Å². The third-order valence-electron chi connectivity index (χ3n) is 4.99. The van der Waals surface area contributed by atoms with Crippen molar-refractivity contribution in [2.45, 2.75) is 57.8 Å². The summed E-state index contributed by atoms with van der Waals surface area (Å²) in [5, 5.41) is 0. The van der Waals surface area contributed by atoms with Crippen molar-refractivity contribution in [3.05, 3.63) is 18.2 Å². The summed E-state index contributed by atoms with van der Waals surface area (Å²) in [7, 11) is 0. The minimum atomic E-state index is 0.433. The van der Waals surface area contributed by atoms with Gasteiger partial charge in [0.05, 0.1) is 12.0 Å². The number of hydrogen-bond donors (Lipinski definition) is 1. The molecule has 3 heterocycles. The van der Waals surface area contributed by atoms with Crippen LogP contribution in [0.25, 0.3) is 0 Å². The van der Waals surface area contributed by atoms with E-state index < -0.39 is 0 Å². The average molecular weight is 291 g/mol. The molecule has 1 aromatic heterocycles. The molecular weight excluding hydrogens is 262 g/mol. The van der Waals surface area contributed by atoms with Gasteiger partial charge in [0.25, 0.3) is 0 Å². The zero-order valence-corrected chi connectivity index (χ0v) is 13.2. The number of piperidine rings is 1. The van der Waals surface area contributed by atoms with Gasteiger partial charge in [0.2, 0.25) is 0 Å². The first-order chi connectivity index (χ1) is 10.3. The molecule has 1 atom stereocenters. The summed E-state index contributed by atoms with van der Waals surface area (Å²) in [4.78, 5) is 9.56.